The van der Waals surface area contributed by atoms with Gasteiger partial charge in [-0.15, -0.1) is 0 Å². The van der Waals surface area contributed by atoms with Crippen molar-refractivity contribution < 1.29 is 5.11 Å². The van der Waals surface area contributed by atoms with Gasteiger partial charge in [-0.2, -0.15) is 5.26 Å². The summed E-state index contributed by atoms with van der Waals surface area (Å²) in [5, 5.41) is 20.5. The summed E-state index contributed by atoms with van der Waals surface area (Å²) >= 11 is 0. The van der Waals surface area contributed by atoms with Gasteiger partial charge in [-0.05, 0) is 12.8 Å². The number of nitrogens with one attached hydrogen (secondary N) is 1. The van der Waals surface area contributed by atoms with Gasteiger partial charge in [0.05, 0.1) is 12.7 Å². The Labute approximate surface area is 67.0 Å². The number of hydrogen-bond acceptors (Lipinski definition) is 3. The molecule has 2 N–H and O–H groups in total. The average Bonchev–Trinajstić information content (AvgIpc) is 2.50. The number of aliphatic hydroxyl groups is 1. The van der Waals surface area contributed by atoms with Gasteiger partial charge in [0.15, 0.2) is 0 Å². The minimum absolute atomic E-state index is 0.115. The molecule has 0 radical (unpaired) electrons. The Hall–Kier alpha value is -0.590. The minimum atomic E-state index is -0.317. The Kier molecular flexibility index (Phi) is 2.86. The third-order valence-electron chi connectivity index (χ3n) is 2.25. The zero-order chi connectivity index (χ0) is 8.16. The fraction of sp³-hybridized carbons (Fsp3) is 0.875. The zero-order valence-electron chi connectivity index (χ0n) is 6.64. The Morgan fingerprint density at radius 2 is 2.09 bits per heavy atom. The van der Waals surface area contributed by atoms with Crippen molar-refractivity contribution in [3.8, 4) is 6.07 Å². The quantitative estimate of drug-likeness (QED) is 0.619. The first-order valence-electron chi connectivity index (χ1n) is 4.10. The molecule has 0 bridgehead atoms. The molecule has 1 rings (SSSR count). The molecule has 1 fully saturated rings. The molecule has 0 aliphatic heterocycles. The van der Waals surface area contributed by atoms with E-state index < -0.39 is 0 Å². The lowest BCUT2D eigenvalue weighted by atomic mass is 10.0. The summed E-state index contributed by atoms with van der Waals surface area (Å²) < 4.78 is 0. The number of rotatable bonds is 3. The first-order valence-corrected chi connectivity index (χ1v) is 4.10. The topological polar surface area (TPSA) is 56.0 Å². The summed E-state index contributed by atoms with van der Waals surface area (Å²) in [6.45, 7) is 0.650. The highest BCUT2D eigenvalue weighted by Gasteiger charge is 2.32. The number of hydrogen-bond donors (Lipinski definition) is 2. The lowest BCUT2D eigenvalue weighted by Crippen LogP contribution is -2.42. The number of β-amino-alcohol motifs (C(OH)–C–C–N with tert-alkyl or cyclic N) is 1. The van der Waals surface area contributed by atoms with E-state index in [0.717, 1.165) is 25.7 Å². The maximum Gasteiger partial charge on any atom is 0.106 e. The normalized spacial score (nSPS) is 21.5. The Bertz CT molecular complexity index is 156. The minimum Gasteiger partial charge on any atom is -0.395 e. The fourth-order valence-electron chi connectivity index (χ4n) is 1.60. The Balaban J connectivity index is 2.41. The van der Waals surface area contributed by atoms with Crippen molar-refractivity contribution >= 4 is 0 Å². The third kappa shape index (κ3) is 1.92. The van der Waals surface area contributed by atoms with Crippen molar-refractivity contribution in [2.75, 3.05) is 13.2 Å². The van der Waals surface area contributed by atoms with E-state index in [1.165, 1.54) is 0 Å². The van der Waals surface area contributed by atoms with Crippen LogP contribution in [0.25, 0.3) is 0 Å². The molecule has 0 aromatic carbocycles. The van der Waals surface area contributed by atoms with Crippen LogP contribution in [-0.4, -0.2) is 23.8 Å². The second-order valence-corrected chi connectivity index (χ2v) is 3.05. The molecule has 11 heavy (non-hydrogen) atoms. The van der Waals surface area contributed by atoms with E-state index in [1.54, 1.807) is 0 Å². The molecular formula is C8H14N2O. The molecular weight excluding hydrogens is 140 g/mol. The molecule has 0 amide bonds. The number of aliphatic hydroxyl groups excluding tert-OH is 1. The van der Waals surface area contributed by atoms with Crippen LogP contribution in [0, 0.1) is 11.3 Å². The molecule has 3 nitrogen and oxygen atoms in total. The highest BCUT2D eigenvalue weighted by atomic mass is 16.3. The summed E-state index contributed by atoms with van der Waals surface area (Å²) in [6, 6.07) is 2.29. The molecule has 1 aliphatic carbocycles. The van der Waals surface area contributed by atoms with Crippen LogP contribution < -0.4 is 5.32 Å². The second-order valence-electron chi connectivity index (χ2n) is 3.05. The van der Waals surface area contributed by atoms with Gasteiger partial charge in [0.2, 0.25) is 0 Å². The monoisotopic (exact) mass is 154 g/mol. The van der Waals surface area contributed by atoms with E-state index in [9.17, 15) is 0 Å². The first kappa shape index (κ1) is 8.51. The lowest BCUT2D eigenvalue weighted by molar-refractivity contribution is 0.272. The summed E-state index contributed by atoms with van der Waals surface area (Å²) in [5.41, 5.74) is -0.317. The number of nitriles is 1. The van der Waals surface area contributed by atoms with Gasteiger partial charge >= 0.3 is 0 Å². The summed E-state index contributed by atoms with van der Waals surface area (Å²) in [4.78, 5) is 0. The van der Waals surface area contributed by atoms with Crippen molar-refractivity contribution in [1.82, 2.24) is 5.32 Å². The smallest absolute Gasteiger partial charge is 0.106 e. The van der Waals surface area contributed by atoms with E-state index in [4.69, 9.17) is 10.4 Å². The van der Waals surface area contributed by atoms with Gasteiger partial charge in [-0.1, -0.05) is 12.8 Å². The molecule has 0 aromatic rings. The van der Waals surface area contributed by atoms with Crippen LogP contribution in [0.2, 0.25) is 0 Å². The van der Waals surface area contributed by atoms with Gasteiger partial charge in [-0.25, -0.2) is 0 Å². The van der Waals surface area contributed by atoms with Crippen molar-refractivity contribution in [2.45, 2.75) is 31.2 Å². The van der Waals surface area contributed by atoms with Crippen molar-refractivity contribution in [3.05, 3.63) is 0 Å². The summed E-state index contributed by atoms with van der Waals surface area (Å²) in [7, 11) is 0. The number of nitrogens with zero attached hydrogens (tertiary/aromatic N) is 1. The van der Waals surface area contributed by atoms with Crippen LogP contribution in [-0.2, 0) is 0 Å². The van der Waals surface area contributed by atoms with E-state index in [0.29, 0.717) is 6.54 Å². The maximum absolute atomic E-state index is 8.85. The zero-order valence-corrected chi connectivity index (χ0v) is 6.64. The van der Waals surface area contributed by atoms with Gasteiger partial charge in [0, 0.05) is 6.54 Å². The second kappa shape index (κ2) is 3.70. The average molecular weight is 154 g/mol. The SMILES string of the molecule is N#CC1(NCCO)CCCC1. The predicted molar refractivity (Wildman–Crippen MR) is 41.9 cm³/mol. The molecule has 0 atom stereocenters. The molecule has 62 valence electrons. The van der Waals surface area contributed by atoms with Crippen LogP contribution in [0.4, 0.5) is 0 Å². The van der Waals surface area contributed by atoms with Gasteiger partial charge < -0.3 is 5.11 Å². The highest BCUT2D eigenvalue weighted by Crippen LogP contribution is 2.28. The van der Waals surface area contributed by atoms with Crippen LogP contribution in [0.15, 0.2) is 0 Å². The molecule has 0 heterocycles. The molecule has 1 saturated carbocycles. The Morgan fingerprint density at radius 1 is 1.45 bits per heavy atom. The van der Waals surface area contributed by atoms with E-state index in [2.05, 4.69) is 11.4 Å². The standard InChI is InChI=1S/C8H14N2O/c9-7-8(10-5-6-11)3-1-2-4-8/h10-11H,1-6H2. The third-order valence-corrected chi connectivity index (χ3v) is 2.25. The van der Waals surface area contributed by atoms with Crippen LogP contribution in [0.1, 0.15) is 25.7 Å². The fourth-order valence-corrected chi connectivity index (χ4v) is 1.60. The summed E-state index contributed by atoms with van der Waals surface area (Å²) in [6.07, 6.45) is 4.13. The van der Waals surface area contributed by atoms with Crippen molar-refractivity contribution in [3.63, 3.8) is 0 Å². The van der Waals surface area contributed by atoms with Gasteiger partial charge in [0.1, 0.15) is 5.54 Å². The summed E-state index contributed by atoms with van der Waals surface area (Å²) in [5.74, 6) is 0. The van der Waals surface area contributed by atoms with Crippen LogP contribution in [0.5, 0.6) is 0 Å². The Morgan fingerprint density at radius 3 is 2.55 bits per heavy atom. The van der Waals surface area contributed by atoms with Crippen LogP contribution in [0.3, 0.4) is 0 Å². The highest BCUT2D eigenvalue weighted by molar-refractivity contribution is 5.09. The molecule has 3 heteroatoms. The maximum atomic E-state index is 8.85. The molecule has 0 aromatic heterocycles. The van der Waals surface area contributed by atoms with E-state index >= 15 is 0 Å². The van der Waals surface area contributed by atoms with E-state index in [-0.39, 0.29) is 12.1 Å². The van der Waals surface area contributed by atoms with E-state index in [1.807, 2.05) is 0 Å². The molecule has 1 aliphatic rings. The van der Waals surface area contributed by atoms with Crippen molar-refractivity contribution in [2.24, 2.45) is 0 Å². The van der Waals surface area contributed by atoms with Crippen LogP contribution >= 0.6 is 0 Å². The molecule has 0 saturated heterocycles. The predicted octanol–water partition coefficient (Wildman–Crippen LogP) is 0.405. The lowest BCUT2D eigenvalue weighted by Gasteiger charge is -2.20. The largest absolute Gasteiger partial charge is 0.395 e. The molecule has 0 spiro atoms. The first-order chi connectivity index (χ1) is 5.33. The van der Waals surface area contributed by atoms with Gasteiger partial charge in [0.25, 0.3) is 0 Å². The van der Waals surface area contributed by atoms with Gasteiger partial charge in [-0.3, -0.25) is 5.32 Å². The molecule has 0 unspecified atom stereocenters. The van der Waals surface area contributed by atoms with Crippen molar-refractivity contribution in [1.29, 1.82) is 5.26 Å².